The lowest BCUT2D eigenvalue weighted by Crippen LogP contribution is -2.16. The Balaban J connectivity index is 1.62. The molecule has 0 unspecified atom stereocenters. The molecule has 1 aromatic heterocycles. The second-order valence-corrected chi connectivity index (χ2v) is 7.92. The van der Waals surface area contributed by atoms with E-state index in [-0.39, 0.29) is 0 Å². The molecule has 148 valence electrons. The Morgan fingerprint density at radius 2 is 1.41 bits per heavy atom. The fourth-order valence-electron chi connectivity index (χ4n) is 4.71. The number of benzene rings is 4. The summed E-state index contributed by atoms with van der Waals surface area (Å²) in [5.74, 6) is 0. The van der Waals surface area contributed by atoms with Crippen molar-refractivity contribution in [3.05, 3.63) is 95.7 Å². The van der Waals surface area contributed by atoms with Crippen molar-refractivity contribution in [3.8, 4) is 23.4 Å². The van der Waals surface area contributed by atoms with Crippen LogP contribution in [-0.4, -0.2) is 11.5 Å². The smallest absolute Gasteiger partial charge is 0.101 e. The minimum Gasteiger partial charge on any atom is -0.380 e. The molecule has 0 radical (unpaired) electrons. The van der Waals surface area contributed by atoms with Gasteiger partial charge in [-0.05, 0) is 74.8 Å². The Morgan fingerprint density at radius 1 is 0.781 bits per heavy atom. The predicted molar refractivity (Wildman–Crippen MR) is 128 cm³/mol. The van der Waals surface area contributed by atoms with E-state index in [4.69, 9.17) is 0 Å². The Labute approximate surface area is 184 Å². The molecule has 4 heteroatoms. The zero-order valence-electron chi connectivity index (χ0n) is 17.1. The van der Waals surface area contributed by atoms with Crippen LogP contribution >= 0.6 is 0 Å². The van der Waals surface area contributed by atoms with Crippen LogP contribution in [0, 0.1) is 22.7 Å². The minimum atomic E-state index is 0.570. The van der Waals surface area contributed by atoms with Gasteiger partial charge in [0.15, 0.2) is 0 Å². The molecular formula is C28H16N4. The van der Waals surface area contributed by atoms with Crippen LogP contribution in [0.15, 0.2) is 84.6 Å². The highest BCUT2D eigenvalue weighted by atomic mass is 14.9. The maximum absolute atomic E-state index is 9.53. The van der Waals surface area contributed by atoms with E-state index in [1.165, 1.54) is 10.8 Å². The molecule has 0 saturated heterocycles. The number of nitrogens with zero attached hydrogens (tertiary/aromatic N) is 3. The van der Waals surface area contributed by atoms with Gasteiger partial charge in [-0.3, -0.25) is 4.98 Å². The second kappa shape index (κ2) is 6.94. The molecule has 5 aromatic rings. The van der Waals surface area contributed by atoms with Crippen LogP contribution in [0.25, 0.3) is 49.3 Å². The molecule has 0 fully saturated rings. The normalized spacial score (nSPS) is 13.4. The van der Waals surface area contributed by atoms with Crippen molar-refractivity contribution < 1.29 is 0 Å². The zero-order chi connectivity index (χ0) is 21.7. The number of dihydropyridines is 1. The van der Waals surface area contributed by atoms with E-state index in [2.05, 4.69) is 71.0 Å². The summed E-state index contributed by atoms with van der Waals surface area (Å²) >= 11 is 0. The van der Waals surface area contributed by atoms with Gasteiger partial charge < -0.3 is 5.32 Å². The third-order valence-corrected chi connectivity index (χ3v) is 6.09. The Hall–Kier alpha value is -4.67. The lowest BCUT2D eigenvalue weighted by molar-refractivity contribution is 0.988. The summed E-state index contributed by atoms with van der Waals surface area (Å²) in [4.78, 5) is 4.47. The van der Waals surface area contributed by atoms with Crippen LogP contribution in [-0.2, 0) is 0 Å². The summed E-state index contributed by atoms with van der Waals surface area (Å²) in [7, 11) is 0. The number of nitrogens with one attached hydrogen (secondary N) is 1. The molecule has 4 aromatic carbocycles. The first-order valence-corrected chi connectivity index (χ1v) is 10.4. The zero-order valence-corrected chi connectivity index (χ0v) is 17.1. The number of hydrogen-bond donors (Lipinski definition) is 1. The first-order chi connectivity index (χ1) is 15.8. The van der Waals surface area contributed by atoms with Crippen LogP contribution in [0.2, 0.25) is 0 Å². The van der Waals surface area contributed by atoms with Gasteiger partial charge in [-0.2, -0.15) is 10.5 Å². The maximum atomic E-state index is 9.53. The fraction of sp³-hybridized carbons (Fsp3) is 0.0357. The summed E-state index contributed by atoms with van der Waals surface area (Å²) in [5, 5.41) is 29.3. The Kier molecular flexibility index (Phi) is 3.93. The molecule has 1 aliphatic rings. The SMILES string of the molecule is N#CC1=C(c2cc3ccc4cc(-c5ncccc5C#N)cc5ccc(c2)c3c45)NCC=C1. The second-order valence-electron chi connectivity index (χ2n) is 7.92. The van der Waals surface area contributed by atoms with Gasteiger partial charge in [0.05, 0.1) is 22.5 Å². The topological polar surface area (TPSA) is 72.5 Å². The van der Waals surface area contributed by atoms with E-state index in [1.807, 2.05) is 12.2 Å². The van der Waals surface area contributed by atoms with Gasteiger partial charge in [0, 0.05) is 23.9 Å². The van der Waals surface area contributed by atoms with Crippen LogP contribution < -0.4 is 5.32 Å². The van der Waals surface area contributed by atoms with Gasteiger partial charge >= 0.3 is 0 Å². The lowest BCUT2D eigenvalue weighted by atomic mass is 9.90. The lowest BCUT2D eigenvalue weighted by Gasteiger charge is -2.18. The average molecular weight is 408 g/mol. The van der Waals surface area contributed by atoms with Crippen LogP contribution in [0.3, 0.4) is 0 Å². The third-order valence-electron chi connectivity index (χ3n) is 6.09. The number of hydrogen-bond acceptors (Lipinski definition) is 4. The van der Waals surface area contributed by atoms with Crippen LogP contribution in [0.5, 0.6) is 0 Å². The number of aromatic nitrogens is 1. The standard InChI is InChI=1S/C28H16N4/c29-15-21-3-1-9-31-27(21)23-11-17-5-7-19-13-24(28-22(16-30)4-2-10-32-28)14-20-8-6-18(12-23)25(17)26(19)20/h1-9,11-14,32H,10H2. The Bertz CT molecular complexity index is 1630. The first kappa shape index (κ1) is 18.1. The van der Waals surface area contributed by atoms with E-state index in [9.17, 15) is 10.5 Å². The third kappa shape index (κ3) is 2.64. The van der Waals surface area contributed by atoms with E-state index in [1.54, 1.807) is 18.3 Å². The molecule has 4 nitrogen and oxygen atoms in total. The monoisotopic (exact) mass is 408 g/mol. The fourth-order valence-corrected chi connectivity index (χ4v) is 4.71. The largest absolute Gasteiger partial charge is 0.380 e. The van der Waals surface area contributed by atoms with Crippen LogP contribution in [0.1, 0.15) is 11.1 Å². The minimum absolute atomic E-state index is 0.570. The quantitative estimate of drug-likeness (QED) is 0.369. The number of allylic oxidation sites excluding steroid dienone is 2. The Morgan fingerprint density at radius 3 is 2.00 bits per heavy atom. The first-order valence-electron chi connectivity index (χ1n) is 10.4. The maximum Gasteiger partial charge on any atom is 0.101 e. The van der Waals surface area contributed by atoms with Crippen molar-refractivity contribution in [1.82, 2.24) is 10.3 Å². The van der Waals surface area contributed by atoms with Gasteiger partial charge in [0.25, 0.3) is 0 Å². The molecule has 0 amide bonds. The van der Waals surface area contributed by atoms with Crippen molar-refractivity contribution in [3.63, 3.8) is 0 Å². The van der Waals surface area contributed by atoms with Crippen molar-refractivity contribution in [2.45, 2.75) is 0 Å². The van der Waals surface area contributed by atoms with Gasteiger partial charge in [0.1, 0.15) is 12.1 Å². The van der Waals surface area contributed by atoms with Crippen molar-refractivity contribution in [1.29, 1.82) is 10.5 Å². The summed E-state index contributed by atoms with van der Waals surface area (Å²) < 4.78 is 0. The van der Waals surface area contributed by atoms with E-state index < -0.39 is 0 Å². The molecule has 1 N–H and O–H groups in total. The van der Waals surface area contributed by atoms with Crippen molar-refractivity contribution in [2.24, 2.45) is 0 Å². The molecule has 32 heavy (non-hydrogen) atoms. The van der Waals surface area contributed by atoms with E-state index in [0.29, 0.717) is 23.4 Å². The summed E-state index contributed by atoms with van der Waals surface area (Å²) in [6.07, 6.45) is 5.56. The number of rotatable bonds is 2. The van der Waals surface area contributed by atoms with Gasteiger partial charge in [-0.15, -0.1) is 0 Å². The molecule has 0 spiro atoms. The van der Waals surface area contributed by atoms with Crippen LogP contribution in [0.4, 0.5) is 0 Å². The summed E-state index contributed by atoms with van der Waals surface area (Å²) in [5.41, 5.74) is 4.76. The van der Waals surface area contributed by atoms with Gasteiger partial charge in [-0.25, -0.2) is 0 Å². The summed E-state index contributed by atoms with van der Waals surface area (Å²) in [6, 6.07) is 25.2. The predicted octanol–water partition coefficient (Wildman–Crippen LogP) is 5.91. The molecule has 0 aliphatic carbocycles. The van der Waals surface area contributed by atoms with E-state index in [0.717, 1.165) is 38.4 Å². The molecule has 1 aliphatic heterocycles. The number of nitriles is 2. The highest BCUT2D eigenvalue weighted by Gasteiger charge is 2.16. The molecule has 6 rings (SSSR count). The molecule has 0 atom stereocenters. The van der Waals surface area contributed by atoms with E-state index >= 15 is 0 Å². The molecule has 2 heterocycles. The highest BCUT2D eigenvalue weighted by molar-refractivity contribution is 6.24. The molecular weight excluding hydrogens is 392 g/mol. The highest BCUT2D eigenvalue weighted by Crippen LogP contribution is 2.39. The van der Waals surface area contributed by atoms with Crippen molar-refractivity contribution in [2.75, 3.05) is 6.54 Å². The average Bonchev–Trinajstić information content (AvgIpc) is 2.86. The number of pyridine rings is 1. The molecule has 0 saturated carbocycles. The molecule has 0 bridgehead atoms. The summed E-state index contributed by atoms with van der Waals surface area (Å²) in [6.45, 7) is 0.715. The van der Waals surface area contributed by atoms with Crippen molar-refractivity contribution >= 4 is 38.0 Å². The van der Waals surface area contributed by atoms with Gasteiger partial charge in [-0.1, -0.05) is 30.3 Å². The van der Waals surface area contributed by atoms with Gasteiger partial charge in [0.2, 0.25) is 0 Å².